The summed E-state index contributed by atoms with van der Waals surface area (Å²) in [6.45, 7) is 3.04. The number of hydrogen-bond acceptors (Lipinski definition) is 7. The minimum absolute atomic E-state index is 0.389. The molecule has 1 spiro atoms. The first-order valence-electron chi connectivity index (χ1n) is 8.14. The van der Waals surface area contributed by atoms with Crippen LogP contribution in [0.15, 0.2) is 18.5 Å². The smallest absolute Gasteiger partial charge is 0.171 e. The predicted octanol–water partition coefficient (Wildman–Crippen LogP) is 1.99. The van der Waals surface area contributed by atoms with Crippen LogP contribution in [0.25, 0.3) is 10.9 Å². The Morgan fingerprint density at radius 2 is 1.67 bits per heavy atom. The predicted molar refractivity (Wildman–Crippen MR) is 88.7 cm³/mol. The fraction of sp³-hybridized carbons (Fsp3) is 0.529. The molecule has 2 aromatic rings. The molecule has 128 valence electrons. The zero-order valence-electron chi connectivity index (χ0n) is 13.9. The Morgan fingerprint density at radius 1 is 1.00 bits per heavy atom. The average Bonchev–Trinajstić information content (AvgIpc) is 3.08. The third-order valence-corrected chi connectivity index (χ3v) is 4.76. The molecular weight excluding hydrogens is 310 g/mol. The molecule has 4 rings (SSSR count). The number of methoxy groups -OCH3 is 2. The minimum atomic E-state index is -0.389. The minimum Gasteiger partial charge on any atom is -0.493 e. The van der Waals surface area contributed by atoms with Gasteiger partial charge in [-0.05, 0) is 6.07 Å². The molecule has 24 heavy (non-hydrogen) atoms. The first-order valence-corrected chi connectivity index (χ1v) is 8.14. The number of anilines is 1. The van der Waals surface area contributed by atoms with E-state index in [1.807, 2.05) is 12.1 Å². The van der Waals surface area contributed by atoms with Crippen molar-refractivity contribution in [2.24, 2.45) is 0 Å². The van der Waals surface area contributed by atoms with Gasteiger partial charge in [0.15, 0.2) is 17.3 Å². The van der Waals surface area contributed by atoms with Gasteiger partial charge in [0.2, 0.25) is 0 Å². The van der Waals surface area contributed by atoms with Gasteiger partial charge in [0.25, 0.3) is 0 Å². The van der Waals surface area contributed by atoms with Crippen LogP contribution in [0, 0.1) is 0 Å². The van der Waals surface area contributed by atoms with E-state index in [-0.39, 0.29) is 5.79 Å². The number of fused-ring (bicyclic) bond motifs is 1. The van der Waals surface area contributed by atoms with Crippen LogP contribution in [0.2, 0.25) is 0 Å². The number of rotatable bonds is 3. The highest BCUT2D eigenvalue weighted by Gasteiger charge is 2.40. The van der Waals surface area contributed by atoms with E-state index in [0.29, 0.717) is 24.7 Å². The van der Waals surface area contributed by atoms with Crippen molar-refractivity contribution >= 4 is 16.7 Å². The molecule has 0 unspecified atom stereocenters. The van der Waals surface area contributed by atoms with E-state index in [1.165, 1.54) is 0 Å². The summed E-state index contributed by atoms with van der Waals surface area (Å²) in [5.41, 5.74) is 0.839. The normalized spacial score (nSPS) is 19.8. The first kappa shape index (κ1) is 15.4. The maximum absolute atomic E-state index is 5.80. The molecule has 1 aromatic carbocycles. The number of ether oxygens (including phenoxy) is 4. The molecule has 7 nitrogen and oxygen atoms in total. The van der Waals surface area contributed by atoms with Gasteiger partial charge in [-0.15, -0.1) is 0 Å². The van der Waals surface area contributed by atoms with Crippen LogP contribution >= 0.6 is 0 Å². The van der Waals surface area contributed by atoms with Crippen LogP contribution in [0.1, 0.15) is 12.8 Å². The topological polar surface area (TPSA) is 65.9 Å². The van der Waals surface area contributed by atoms with Crippen LogP contribution in [0.3, 0.4) is 0 Å². The van der Waals surface area contributed by atoms with Crippen molar-refractivity contribution in [3.05, 3.63) is 18.5 Å². The van der Waals surface area contributed by atoms with Gasteiger partial charge in [-0.2, -0.15) is 0 Å². The van der Waals surface area contributed by atoms with Crippen LogP contribution in [-0.4, -0.2) is 56.3 Å². The highest BCUT2D eigenvalue weighted by atomic mass is 16.7. The summed E-state index contributed by atoms with van der Waals surface area (Å²) >= 11 is 0. The Morgan fingerprint density at radius 3 is 2.33 bits per heavy atom. The van der Waals surface area contributed by atoms with E-state index < -0.39 is 0 Å². The quantitative estimate of drug-likeness (QED) is 0.852. The molecular formula is C17H21N3O4. The second-order valence-electron chi connectivity index (χ2n) is 6.02. The third kappa shape index (κ3) is 2.53. The summed E-state index contributed by atoms with van der Waals surface area (Å²) in [5, 5.41) is 0.958. The maximum Gasteiger partial charge on any atom is 0.171 e. The van der Waals surface area contributed by atoms with Gasteiger partial charge in [-0.25, -0.2) is 9.97 Å². The van der Waals surface area contributed by atoms with E-state index in [4.69, 9.17) is 18.9 Å². The average molecular weight is 331 g/mol. The molecule has 0 aliphatic carbocycles. The molecule has 0 saturated carbocycles. The lowest BCUT2D eigenvalue weighted by atomic mass is 10.0. The summed E-state index contributed by atoms with van der Waals surface area (Å²) in [6.07, 6.45) is 3.27. The fourth-order valence-electron chi connectivity index (χ4n) is 3.47. The van der Waals surface area contributed by atoms with Crippen molar-refractivity contribution in [3.63, 3.8) is 0 Å². The Kier molecular flexibility index (Phi) is 3.90. The fourth-order valence-corrected chi connectivity index (χ4v) is 3.47. The zero-order valence-corrected chi connectivity index (χ0v) is 13.9. The summed E-state index contributed by atoms with van der Waals surface area (Å²) in [6, 6.07) is 3.82. The molecule has 0 radical (unpaired) electrons. The van der Waals surface area contributed by atoms with Gasteiger partial charge in [-0.3, -0.25) is 0 Å². The van der Waals surface area contributed by atoms with Crippen molar-refractivity contribution in [1.82, 2.24) is 9.97 Å². The van der Waals surface area contributed by atoms with Gasteiger partial charge >= 0.3 is 0 Å². The van der Waals surface area contributed by atoms with E-state index in [0.717, 1.165) is 42.7 Å². The van der Waals surface area contributed by atoms with E-state index in [2.05, 4.69) is 14.9 Å². The Balaban J connectivity index is 1.67. The SMILES string of the molecule is COc1cc2ncnc(N3CCC4(CC3)OCCO4)c2cc1OC. The highest BCUT2D eigenvalue weighted by Crippen LogP contribution is 2.37. The maximum atomic E-state index is 5.80. The number of benzene rings is 1. The largest absolute Gasteiger partial charge is 0.493 e. The molecule has 0 atom stereocenters. The molecule has 0 N–H and O–H groups in total. The van der Waals surface area contributed by atoms with Crippen LogP contribution < -0.4 is 14.4 Å². The summed E-state index contributed by atoms with van der Waals surface area (Å²) in [4.78, 5) is 11.1. The van der Waals surface area contributed by atoms with Gasteiger partial charge in [0.1, 0.15) is 12.1 Å². The molecule has 3 heterocycles. The van der Waals surface area contributed by atoms with Crippen molar-refractivity contribution in [2.45, 2.75) is 18.6 Å². The lowest BCUT2D eigenvalue weighted by Crippen LogP contribution is -2.45. The highest BCUT2D eigenvalue weighted by molar-refractivity contribution is 5.92. The van der Waals surface area contributed by atoms with Crippen molar-refractivity contribution in [3.8, 4) is 11.5 Å². The van der Waals surface area contributed by atoms with Crippen molar-refractivity contribution < 1.29 is 18.9 Å². The second kappa shape index (κ2) is 6.07. The van der Waals surface area contributed by atoms with Gasteiger partial charge in [0.05, 0.1) is 33.0 Å². The Labute approximate surface area is 140 Å². The first-order chi connectivity index (χ1) is 11.7. The molecule has 7 heteroatoms. The number of aromatic nitrogens is 2. The molecule has 0 bridgehead atoms. The van der Waals surface area contributed by atoms with Crippen LogP contribution in [0.4, 0.5) is 5.82 Å². The molecule has 2 aliphatic heterocycles. The van der Waals surface area contributed by atoms with Gasteiger partial charge in [-0.1, -0.05) is 0 Å². The van der Waals surface area contributed by atoms with Crippen LogP contribution in [-0.2, 0) is 9.47 Å². The summed E-state index contributed by atoms with van der Waals surface area (Å²) in [7, 11) is 3.25. The molecule has 1 aromatic heterocycles. The second-order valence-corrected chi connectivity index (χ2v) is 6.02. The van der Waals surface area contributed by atoms with Gasteiger partial charge < -0.3 is 23.8 Å². The third-order valence-electron chi connectivity index (χ3n) is 4.76. The van der Waals surface area contributed by atoms with E-state index in [9.17, 15) is 0 Å². The monoisotopic (exact) mass is 331 g/mol. The summed E-state index contributed by atoms with van der Waals surface area (Å²) in [5.74, 6) is 1.87. The Bertz CT molecular complexity index is 736. The lowest BCUT2D eigenvalue weighted by molar-refractivity contribution is -0.169. The zero-order chi connectivity index (χ0) is 16.6. The number of nitrogens with zero attached hydrogens (tertiary/aromatic N) is 3. The van der Waals surface area contributed by atoms with Crippen LogP contribution in [0.5, 0.6) is 11.5 Å². The molecule has 2 saturated heterocycles. The van der Waals surface area contributed by atoms with Crippen molar-refractivity contribution in [2.75, 3.05) is 45.4 Å². The summed E-state index contributed by atoms with van der Waals surface area (Å²) < 4.78 is 22.4. The van der Waals surface area contributed by atoms with E-state index in [1.54, 1.807) is 20.5 Å². The molecule has 0 amide bonds. The van der Waals surface area contributed by atoms with E-state index >= 15 is 0 Å². The van der Waals surface area contributed by atoms with Gasteiger partial charge in [0, 0.05) is 37.4 Å². The standard InChI is InChI=1S/C17H21N3O4/c1-21-14-9-12-13(10-15(14)22-2)18-11-19-16(12)20-5-3-17(4-6-20)23-7-8-24-17/h9-11H,3-8H2,1-2H3. The lowest BCUT2D eigenvalue weighted by Gasteiger charge is -2.38. The number of piperidine rings is 1. The Hall–Kier alpha value is -2.12. The van der Waals surface area contributed by atoms with Crippen molar-refractivity contribution in [1.29, 1.82) is 0 Å². The molecule has 2 aliphatic rings. The molecule has 2 fully saturated rings. The number of hydrogen-bond donors (Lipinski definition) is 0.